The number of carbonyl (C=O) groups excluding carboxylic acids is 1. The van der Waals surface area contributed by atoms with Crippen molar-refractivity contribution >= 4 is 34.7 Å². The topological polar surface area (TPSA) is 152 Å². The van der Waals surface area contributed by atoms with Gasteiger partial charge in [0.2, 0.25) is 0 Å². The number of hydrogen-bond donors (Lipinski definition) is 3. The highest BCUT2D eigenvalue weighted by Crippen LogP contribution is 2.33. The largest absolute Gasteiger partial charge is 0.465 e. The minimum absolute atomic E-state index is 0.170. The summed E-state index contributed by atoms with van der Waals surface area (Å²) in [5.74, 6) is 0.538. The first kappa shape index (κ1) is 24.2. The van der Waals surface area contributed by atoms with Crippen LogP contribution in [0.1, 0.15) is 48.1 Å². The maximum absolute atomic E-state index is 12.8. The van der Waals surface area contributed by atoms with Crippen LogP contribution in [-0.4, -0.2) is 59.8 Å². The van der Waals surface area contributed by atoms with Crippen molar-refractivity contribution < 1.29 is 14.7 Å². The van der Waals surface area contributed by atoms with Crippen LogP contribution in [0.15, 0.2) is 48.9 Å². The van der Waals surface area contributed by atoms with Crippen molar-refractivity contribution in [1.82, 2.24) is 29.6 Å². The first-order valence-corrected chi connectivity index (χ1v) is 12.3. The average molecular weight is 501 g/mol. The number of hydrogen-bond acceptors (Lipinski definition) is 7. The van der Waals surface area contributed by atoms with E-state index in [1.807, 2.05) is 12.1 Å². The molecule has 3 aromatic heterocycles. The molecule has 1 fully saturated rings. The van der Waals surface area contributed by atoms with E-state index in [0.29, 0.717) is 41.2 Å². The Labute approximate surface area is 213 Å². The molecule has 0 saturated carbocycles. The van der Waals surface area contributed by atoms with Crippen LogP contribution in [0.4, 0.5) is 16.4 Å². The Bertz CT molecular complexity index is 1450. The molecule has 1 saturated heterocycles. The number of pyridine rings is 1. The SMILES string of the molecule is CCCc1ccnc(NC(=O)c2ccc(-c3nn(C4CCCN(C(=O)O)C4)c4ncnc(N)c34)cc2)c1. The Balaban J connectivity index is 1.43. The lowest BCUT2D eigenvalue weighted by Crippen LogP contribution is -2.40. The maximum atomic E-state index is 12.8. The van der Waals surface area contributed by atoms with E-state index in [0.717, 1.165) is 36.8 Å². The van der Waals surface area contributed by atoms with Crippen molar-refractivity contribution in [2.75, 3.05) is 24.1 Å². The number of rotatable bonds is 6. The molecule has 1 aromatic carbocycles. The normalized spacial score (nSPS) is 15.6. The molecule has 0 aliphatic carbocycles. The van der Waals surface area contributed by atoms with Gasteiger partial charge in [-0.05, 0) is 49.1 Å². The lowest BCUT2D eigenvalue weighted by atomic mass is 10.1. The molecule has 0 radical (unpaired) electrons. The van der Waals surface area contributed by atoms with Crippen molar-refractivity contribution in [3.8, 4) is 11.3 Å². The lowest BCUT2D eigenvalue weighted by molar-refractivity contribution is 0.102. The second kappa shape index (κ2) is 10.2. The summed E-state index contributed by atoms with van der Waals surface area (Å²) in [7, 11) is 0. The lowest BCUT2D eigenvalue weighted by Gasteiger charge is -2.30. The minimum Gasteiger partial charge on any atom is -0.465 e. The molecule has 4 heterocycles. The Morgan fingerprint density at radius 2 is 1.97 bits per heavy atom. The van der Waals surface area contributed by atoms with E-state index >= 15 is 0 Å². The standard InChI is InChI=1S/C26H28N8O3/c1-2-4-16-10-11-28-20(13-16)31-25(35)18-8-6-17(7-9-18)22-21-23(27)29-15-30-24(21)34(32-22)19-5-3-12-33(14-19)26(36)37/h6-11,13,15,19H,2-5,12,14H2,1H3,(H,36,37)(H2,27,29,30)(H,28,31,35). The van der Waals surface area contributed by atoms with Gasteiger partial charge in [-0.3, -0.25) is 4.79 Å². The molecule has 4 aromatic rings. The number of piperidine rings is 1. The summed E-state index contributed by atoms with van der Waals surface area (Å²) in [4.78, 5) is 38.6. The van der Waals surface area contributed by atoms with Gasteiger partial charge in [-0.2, -0.15) is 5.10 Å². The Morgan fingerprint density at radius 1 is 1.16 bits per heavy atom. The highest BCUT2D eigenvalue weighted by molar-refractivity contribution is 6.04. The smallest absolute Gasteiger partial charge is 0.407 e. The number of aryl methyl sites for hydroxylation is 1. The van der Waals surface area contributed by atoms with Crippen LogP contribution >= 0.6 is 0 Å². The van der Waals surface area contributed by atoms with Crippen LogP contribution < -0.4 is 11.1 Å². The fourth-order valence-electron chi connectivity index (χ4n) is 4.73. The first-order chi connectivity index (χ1) is 17.9. The van der Waals surface area contributed by atoms with Gasteiger partial charge in [0, 0.05) is 30.4 Å². The van der Waals surface area contributed by atoms with Gasteiger partial charge in [-0.15, -0.1) is 0 Å². The van der Waals surface area contributed by atoms with Crippen molar-refractivity contribution in [3.05, 3.63) is 60.0 Å². The fourth-order valence-corrected chi connectivity index (χ4v) is 4.73. The predicted molar refractivity (Wildman–Crippen MR) is 139 cm³/mol. The van der Waals surface area contributed by atoms with E-state index in [9.17, 15) is 14.7 Å². The van der Waals surface area contributed by atoms with Gasteiger partial charge < -0.3 is 21.1 Å². The zero-order valence-electron chi connectivity index (χ0n) is 20.5. The number of carbonyl (C=O) groups is 2. The minimum atomic E-state index is -0.948. The molecule has 5 rings (SSSR count). The van der Waals surface area contributed by atoms with Gasteiger partial charge in [0.25, 0.3) is 5.91 Å². The third kappa shape index (κ3) is 4.92. The van der Waals surface area contributed by atoms with Crippen molar-refractivity contribution in [1.29, 1.82) is 0 Å². The number of likely N-dealkylation sites (tertiary alicyclic amines) is 1. The number of anilines is 2. The molecule has 37 heavy (non-hydrogen) atoms. The highest BCUT2D eigenvalue weighted by Gasteiger charge is 2.28. The number of nitrogens with one attached hydrogen (secondary N) is 1. The van der Waals surface area contributed by atoms with E-state index in [2.05, 4.69) is 27.2 Å². The zero-order chi connectivity index (χ0) is 25.9. The Hall–Kier alpha value is -4.54. The van der Waals surface area contributed by atoms with Gasteiger partial charge in [-0.25, -0.2) is 24.4 Å². The molecule has 1 aliphatic rings. The average Bonchev–Trinajstić information content (AvgIpc) is 3.30. The van der Waals surface area contributed by atoms with Crippen molar-refractivity contribution in [2.24, 2.45) is 0 Å². The molecule has 1 unspecified atom stereocenters. The first-order valence-electron chi connectivity index (χ1n) is 12.3. The van der Waals surface area contributed by atoms with Gasteiger partial charge in [0.15, 0.2) is 5.65 Å². The second-order valence-corrected chi connectivity index (χ2v) is 9.11. The van der Waals surface area contributed by atoms with Crippen LogP contribution in [0.2, 0.25) is 0 Å². The summed E-state index contributed by atoms with van der Waals surface area (Å²) in [6.45, 7) is 2.92. The van der Waals surface area contributed by atoms with Crippen LogP contribution in [0.25, 0.3) is 22.3 Å². The number of nitrogens with zero attached hydrogens (tertiary/aromatic N) is 6. The third-order valence-corrected chi connectivity index (χ3v) is 6.56. The van der Waals surface area contributed by atoms with Gasteiger partial charge >= 0.3 is 6.09 Å². The Morgan fingerprint density at radius 3 is 2.73 bits per heavy atom. The molecule has 1 atom stereocenters. The van der Waals surface area contributed by atoms with Gasteiger partial charge in [0.05, 0.1) is 11.4 Å². The predicted octanol–water partition coefficient (Wildman–Crippen LogP) is 3.99. The van der Waals surface area contributed by atoms with E-state index in [4.69, 9.17) is 10.8 Å². The fraction of sp³-hybridized carbons (Fsp3) is 0.308. The molecular weight excluding hydrogens is 472 g/mol. The zero-order valence-corrected chi connectivity index (χ0v) is 20.5. The maximum Gasteiger partial charge on any atom is 0.407 e. The third-order valence-electron chi connectivity index (χ3n) is 6.56. The second-order valence-electron chi connectivity index (χ2n) is 9.11. The highest BCUT2D eigenvalue weighted by atomic mass is 16.4. The number of aromatic nitrogens is 5. The molecule has 190 valence electrons. The van der Waals surface area contributed by atoms with Crippen LogP contribution in [0.3, 0.4) is 0 Å². The Kier molecular flexibility index (Phi) is 6.67. The van der Waals surface area contributed by atoms with Crippen molar-refractivity contribution in [2.45, 2.75) is 38.6 Å². The van der Waals surface area contributed by atoms with Crippen molar-refractivity contribution in [3.63, 3.8) is 0 Å². The molecule has 11 heteroatoms. The van der Waals surface area contributed by atoms with Crippen LogP contribution in [0, 0.1) is 0 Å². The van der Waals surface area contributed by atoms with E-state index in [-0.39, 0.29) is 17.8 Å². The summed E-state index contributed by atoms with van der Waals surface area (Å²) in [6, 6.07) is 10.7. The number of amides is 2. The molecule has 1 aliphatic heterocycles. The molecular formula is C26H28N8O3. The van der Waals surface area contributed by atoms with Gasteiger partial charge in [-0.1, -0.05) is 25.5 Å². The van der Waals surface area contributed by atoms with E-state index in [1.165, 1.54) is 11.2 Å². The van der Waals surface area contributed by atoms with E-state index < -0.39 is 6.09 Å². The summed E-state index contributed by atoms with van der Waals surface area (Å²) >= 11 is 0. The quantitative estimate of drug-likeness (QED) is 0.359. The molecule has 4 N–H and O–H groups in total. The number of nitrogens with two attached hydrogens (primary N) is 1. The van der Waals surface area contributed by atoms with Crippen LogP contribution in [0.5, 0.6) is 0 Å². The summed E-state index contributed by atoms with van der Waals surface area (Å²) < 4.78 is 1.76. The summed E-state index contributed by atoms with van der Waals surface area (Å²) in [6.07, 6.45) is 5.57. The molecule has 2 amide bonds. The van der Waals surface area contributed by atoms with Crippen LogP contribution in [-0.2, 0) is 6.42 Å². The summed E-state index contributed by atoms with van der Waals surface area (Å²) in [5.41, 5.74) is 9.71. The molecule has 11 nitrogen and oxygen atoms in total. The monoisotopic (exact) mass is 500 g/mol. The number of benzene rings is 1. The number of fused-ring (bicyclic) bond motifs is 1. The van der Waals surface area contributed by atoms with E-state index in [1.54, 1.807) is 35.1 Å². The molecule has 0 bridgehead atoms. The summed E-state index contributed by atoms with van der Waals surface area (Å²) in [5, 5.41) is 17.7. The number of carboxylic acid groups (broad SMARTS) is 1. The number of nitrogen functional groups attached to an aromatic ring is 1. The molecule has 0 spiro atoms. The van der Waals surface area contributed by atoms with Gasteiger partial charge in [0.1, 0.15) is 23.7 Å².